The number of guanidine groups is 1. The number of carbonyl (C=O) groups excluding carboxylic acids is 1. The van der Waals surface area contributed by atoms with Crippen LogP contribution in [0.5, 0.6) is 0 Å². The van der Waals surface area contributed by atoms with E-state index in [1.165, 1.54) is 0 Å². The van der Waals surface area contributed by atoms with E-state index in [1.807, 2.05) is 0 Å². The van der Waals surface area contributed by atoms with Crippen molar-refractivity contribution in [2.24, 2.45) is 5.10 Å². The smallest absolute Gasteiger partial charge is 0.323 e. The zero-order valence-corrected chi connectivity index (χ0v) is 14.6. The van der Waals surface area contributed by atoms with Gasteiger partial charge in [-0.15, -0.1) is 0 Å². The zero-order valence-electron chi connectivity index (χ0n) is 13.9. The minimum Gasteiger partial charge on any atom is -0.465 e. The molecule has 0 amide bonds. The lowest BCUT2D eigenvalue weighted by Crippen LogP contribution is -2.60. The molecule has 0 radical (unpaired) electrons. The summed E-state index contributed by atoms with van der Waals surface area (Å²) in [6.07, 6.45) is 1.58. The predicted molar refractivity (Wildman–Crippen MR) is 90.0 cm³/mol. The Bertz CT molecular complexity index is 653. The van der Waals surface area contributed by atoms with Crippen LogP contribution in [0.3, 0.4) is 0 Å². The van der Waals surface area contributed by atoms with Crippen LogP contribution in [0, 0.1) is 10.1 Å². The number of hydrogen-bond acceptors (Lipinski definition) is 6. The van der Waals surface area contributed by atoms with E-state index in [1.54, 1.807) is 42.0 Å². The maximum atomic E-state index is 11.9. The summed E-state index contributed by atoms with van der Waals surface area (Å²) in [5, 5.41) is 16.6. The van der Waals surface area contributed by atoms with Gasteiger partial charge in [-0.05, 0) is 25.5 Å². The topological polar surface area (TPSA) is 113 Å². The van der Waals surface area contributed by atoms with E-state index in [-0.39, 0.29) is 25.3 Å². The molecule has 136 valence electrons. The summed E-state index contributed by atoms with van der Waals surface area (Å²) in [5.41, 5.74) is 0.799. The molecule has 1 N–H and O–H groups in total. The van der Waals surface area contributed by atoms with E-state index < -0.39 is 11.1 Å². The van der Waals surface area contributed by atoms with Crippen molar-refractivity contribution >= 4 is 23.5 Å². The Balaban J connectivity index is 2.15. The first-order valence-corrected chi connectivity index (χ1v) is 8.01. The molecule has 1 aliphatic heterocycles. The van der Waals surface area contributed by atoms with E-state index in [2.05, 4.69) is 15.4 Å². The molecule has 2 heterocycles. The lowest BCUT2D eigenvalue weighted by molar-refractivity contribution is -0.486. The number of carbonyl (C=O) groups is 1. The van der Waals surface area contributed by atoms with Crippen molar-refractivity contribution in [3.05, 3.63) is 39.2 Å². The van der Waals surface area contributed by atoms with Crippen LogP contribution in [0.2, 0.25) is 5.15 Å². The fourth-order valence-electron chi connectivity index (χ4n) is 2.31. The molecule has 1 aliphatic rings. The highest BCUT2D eigenvalue weighted by molar-refractivity contribution is 6.29. The average Bonchev–Trinajstić information content (AvgIpc) is 2.57. The third-order valence-corrected chi connectivity index (χ3v) is 3.83. The highest BCUT2D eigenvalue weighted by Crippen LogP contribution is 2.13. The summed E-state index contributed by atoms with van der Waals surface area (Å²) in [6.45, 7) is 4.57. The standard InChI is InChI=1S/C14H19ClN6O4/c1-3-25-13(22)10(2)20-8-17-14(18-21(23)24)19(9-20)7-11-4-5-12(15)16-6-11/h4-6,10H,3,7-9H2,1-2H3,(H,17,18)/t10-/m0/s1. The van der Waals surface area contributed by atoms with Crippen LogP contribution in [0.15, 0.2) is 23.4 Å². The average molecular weight is 371 g/mol. The van der Waals surface area contributed by atoms with Crippen molar-refractivity contribution in [2.75, 3.05) is 19.9 Å². The van der Waals surface area contributed by atoms with Crippen molar-refractivity contribution in [3.8, 4) is 0 Å². The van der Waals surface area contributed by atoms with Gasteiger partial charge in [-0.2, -0.15) is 0 Å². The maximum Gasteiger partial charge on any atom is 0.323 e. The number of esters is 1. The van der Waals surface area contributed by atoms with Crippen molar-refractivity contribution in [1.82, 2.24) is 20.1 Å². The van der Waals surface area contributed by atoms with Gasteiger partial charge in [-0.3, -0.25) is 9.69 Å². The molecule has 11 heteroatoms. The van der Waals surface area contributed by atoms with Gasteiger partial charge in [-0.1, -0.05) is 17.7 Å². The van der Waals surface area contributed by atoms with Crippen molar-refractivity contribution in [1.29, 1.82) is 0 Å². The first kappa shape index (κ1) is 18.9. The van der Waals surface area contributed by atoms with E-state index in [9.17, 15) is 14.9 Å². The number of ether oxygens (including phenoxy) is 1. The highest BCUT2D eigenvalue weighted by atomic mass is 35.5. The second kappa shape index (κ2) is 8.58. The monoisotopic (exact) mass is 370 g/mol. The van der Waals surface area contributed by atoms with Crippen LogP contribution in [-0.2, 0) is 16.1 Å². The van der Waals surface area contributed by atoms with Crippen LogP contribution in [0.4, 0.5) is 0 Å². The van der Waals surface area contributed by atoms with Crippen molar-refractivity contribution < 1.29 is 14.6 Å². The third-order valence-electron chi connectivity index (χ3n) is 3.61. The van der Waals surface area contributed by atoms with Gasteiger partial charge in [0.2, 0.25) is 0 Å². The van der Waals surface area contributed by atoms with E-state index >= 15 is 0 Å². The van der Waals surface area contributed by atoms with Gasteiger partial charge >= 0.3 is 5.97 Å². The Hall–Kier alpha value is -2.46. The fourth-order valence-corrected chi connectivity index (χ4v) is 2.42. The maximum absolute atomic E-state index is 11.9. The largest absolute Gasteiger partial charge is 0.465 e. The molecule has 1 atom stereocenters. The number of hydrazone groups is 1. The number of nitrogens with one attached hydrogen (secondary N) is 1. The molecule has 25 heavy (non-hydrogen) atoms. The number of rotatable bonds is 6. The molecule has 0 aromatic carbocycles. The summed E-state index contributed by atoms with van der Waals surface area (Å²) in [7, 11) is 0. The first-order valence-electron chi connectivity index (χ1n) is 7.63. The normalized spacial score (nSPS) is 17.9. The Morgan fingerprint density at radius 3 is 2.96 bits per heavy atom. The minimum absolute atomic E-state index is 0.118. The van der Waals surface area contributed by atoms with E-state index in [0.29, 0.717) is 18.3 Å². The Morgan fingerprint density at radius 2 is 2.36 bits per heavy atom. The lowest BCUT2D eigenvalue weighted by atomic mass is 10.2. The molecule has 1 fully saturated rings. The Kier molecular flexibility index (Phi) is 6.48. The molecule has 0 spiro atoms. The molecule has 0 aliphatic carbocycles. The summed E-state index contributed by atoms with van der Waals surface area (Å²) >= 11 is 5.77. The number of nitro groups is 1. The van der Waals surface area contributed by atoms with Gasteiger partial charge in [0.25, 0.3) is 5.96 Å². The number of hydrogen-bond donors (Lipinski definition) is 1. The predicted octanol–water partition coefficient (Wildman–Crippen LogP) is 0.857. The second-order valence-electron chi connectivity index (χ2n) is 5.34. The lowest BCUT2D eigenvalue weighted by Gasteiger charge is -2.39. The molecule has 1 aromatic rings. The molecular formula is C14H19ClN6O4. The molecular weight excluding hydrogens is 352 g/mol. The Morgan fingerprint density at radius 1 is 1.60 bits per heavy atom. The zero-order chi connectivity index (χ0) is 18.4. The molecule has 10 nitrogen and oxygen atoms in total. The van der Waals surface area contributed by atoms with Gasteiger partial charge in [0.1, 0.15) is 16.3 Å². The van der Waals surface area contributed by atoms with Gasteiger partial charge < -0.3 is 15.0 Å². The van der Waals surface area contributed by atoms with Gasteiger partial charge in [-0.25, -0.2) is 15.1 Å². The summed E-state index contributed by atoms with van der Waals surface area (Å²) in [5.74, 6) is -0.237. The van der Waals surface area contributed by atoms with Gasteiger partial charge in [0.15, 0.2) is 5.03 Å². The second-order valence-corrected chi connectivity index (χ2v) is 5.73. The SMILES string of the molecule is CCOC(=O)[C@H](C)N1CN/C(=N\[N+](=O)[O-])N(Cc2ccc(Cl)nc2)C1. The molecule has 0 unspecified atom stereocenters. The van der Waals surface area contributed by atoms with E-state index in [0.717, 1.165) is 5.56 Å². The van der Waals surface area contributed by atoms with Crippen LogP contribution in [0.1, 0.15) is 19.4 Å². The van der Waals surface area contributed by atoms with Crippen LogP contribution in [-0.4, -0.2) is 57.7 Å². The molecule has 0 saturated carbocycles. The van der Waals surface area contributed by atoms with Crippen LogP contribution >= 0.6 is 11.6 Å². The number of pyridine rings is 1. The molecule has 1 saturated heterocycles. The summed E-state index contributed by atoms with van der Waals surface area (Å²) in [4.78, 5) is 30.1. The van der Waals surface area contributed by atoms with Crippen molar-refractivity contribution in [3.63, 3.8) is 0 Å². The third kappa shape index (κ3) is 5.26. The Labute approximate surface area is 149 Å². The van der Waals surface area contributed by atoms with Crippen LogP contribution < -0.4 is 5.32 Å². The molecule has 0 bridgehead atoms. The van der Waals surface area contributed by atoms with Crippen LogP contribution in [0.25, 0.3) is 0 Å². The molecule has 2 rings (SSSR count). The van der Waals surface area contributed by atoms with Gasteiger partial charge in [0, 0.05) is 12.7 Å². The number of nitrogens with zero attached hydrogens (tertiary/aromatic N) is 5. The van der Waals surface area contributed by atoms with Gasteiger partial charge in [0.05, 0.1) is 19.9 Å². The number of aromatic nitrogens is 1. The highest BCUT2D eigenvalue weighted by Gasteiger charge is 2.31. The summed E-state index contributed by atoms with van der Waals surface area (Å²) in [6, 6.07) is 2.90. The van der Waals surface area contributed by atoms with E-state index in [4.69, 9.17) is 16.3 Å². The summed E-state index contributed by atoms with van der Waals surface area (Å²) < 4.78 is 5.02. The van der Waals surface area contributed by atoms with Crippen molar-refractivity contribution in [2.45, 2.75) is 26.4 Å². The quantitative estimate of drug-likeness (QED) is 0.339. The minimum atomic E-state index is -0.764. The fraction of sp³-hybridized carbons (Fsp3) is 0.500. The first-order chi connectivity index (χ1) is 11.9. The number of halogens is 1. The molecule has 1 aromatic heterocycles.